The van der Waals surface area contributed by atoms with E-state index in [1.807, 2.05) is 19.1 Å². The van der Waals surface area contributed by atoms with Crippen molar-refractivity contribution < 1.29 is 13.2 Å². The van der Waals surface area contributed by atoms with E-state index in [9.17, 15) is 13.2 Å². The van der Waals surface area contributed by atoms with Gasteiger partial charge in [-0.25, -0.2) is 4.40 Å². The Bertz CT molecular complexity index is 1150. The zero-order valence-corrected chi connectivity index (χ0v) is 19.8. The van der Waals surface area contributed by atoms with E-state index in [-0.39, 0.29) is 11.0 Å². The molecule has 1 fully saturated rings. The molecule has 0 aliphatic heterocycles. The predicted octanol–water partition coefficient (Wildman–Crippen LogP) is 8.38. The van der Waals surface area contributed by atoms with Crippen molar-refractivity contribution in [2.45, 2.75) is 64.9 Å². The van der Waals surface area contributed by atoms with Crippen molar-refractivity contribution in [3.8, 4) is 11.1 Å². The number of aromatic nitrogens is 1. The number of rotatable bonds is 5. The lowest BCUT2D eigenvalue weighted by molar-refractivity contribution is -0.137. The summed E-state index contributed by atoms with van der Waals surface area (Å²) in [5.41, 5.74) is 3.14. The van der Waals surface area contributed by atoms with Gasteiger partial charge in [-0.2, -0.15) is 13.2 Å². The minimum absolute atomic E-state index is 0.0226. The quantitative estimate of drug-likeness (QED) is 0.277. The Morgan fingerprint density at radius 1 is 1.09 bits per heavy atom. The standard InChI is InChI=1S/C26H29F3N2S/c1-17(30-32-19-8-7-9-19)22-15-31(16-25(2,3)4)24-14-18(12-13-21(22)24)20-10-5-6-11-23(20)26(27,28)29/h5-6,10-15,19H,7-9,16H2,1-4H3. The van der Waals surface area contributed by atoms with E-state index in [1.54, 1.807) is 30.1 Å². The smallest absolute Gasteiger partial charge is 0.346 e. The molecule has 0 spiro atoms. The number of benzene rings is 2. The van der Waals surface area contributed by atoms with Gasteiger partial charge >= 0.3 is 6.18 Å². The SMILES string of the molecule is CC(=NSC1CCC1)c1cn(CC(C)(C)C)c2cc(-c3ccccc3C(F)(F)F)ccc12. The Morgan fingerprint density at radius 3 is 2.44 bits per heavy atom. The fourth-order valence-electron chi connectivity index (χ4n) is 4.05. The molecule has 2 aromatic carbocycles. The molecule has 4 rings (SSSR count). The van der Waals surface area contributed by atoms with Crippen molar-refractivity contribution in [3.63, 3.8) is 0 Å². The van der Waals surface area contributed by atoms with Crippen LogP contribution < -0.4 is 0 Å². The summed E-state index contributed by atoms with van der Waals surface area (Å²) in [5, 5.41) is 1.64. The molecule has 0 N–H and O–H groups in total. The Hall–Kier alpha value is -2.21. The lowest BCUT2D eigenvalue weighted by Crippen LogP contribution is -2.14. The molecule has 0 bridgehead atoms. The molecule has 1 aliphatic carbocycles. The molecule has 1 heterocycles. The molecule has 3 aromatic rings. The van der Waals surface area contributed by atoms with Crippen LogP contribution in [0.4, 0.5) is 13.2 Å². The molecule has 1 aromatic heterocycles. The number of halogens is 3. The van der Waals surface area contributed by atoms with Crippen molar-refractivity contribution >= 4 is 28.6 Å². The Labute approximate surface area is 192 Å². The minimum Gasteiger partial charge on any atom is -0.346 e. The highest BCUT2D eigenvalue weighted by Crippen LogP contribution is 2.39. The maximum Gasteiger partial charge on any atom is 0.417 e. The van der Waals surface area contributed by atoms with E-state index >= 15 is 0 Å². The van der Waals surface area contributed by atoms with Gasteiger partial charge in [0, 0.05) is 34.5 Å². The van der Waals surface area contributed by atoms with E-state index in [2.05, 4.69) is 31.5 Å². The van der Waals surface area contributed by atoms with E-state index in [0.717, 1.165) is 34.8 Å². The monoisotopic (exact) mass is 458 g/mol. The largest absolute Gasteiger partial charge is 0.417 e. The molecule has 1 aliphatic rings. The first-order valence-electron chi connectivity index (χ1n) is 11.0. The third-order valence-corrected chi connectivity index (χ3v) is 7.00. The second-order valence-corrected chi connectivity index (χ2v) is 10.9. The average Bonchev–Trinajstić information content (AvgIpc) is 3.02. The molecular formula is C26H29F3N2S. The normalized spacial score (nSPS) is 15.9. The molecule has 0 unspecified atom stereocenters. The predicted molar refractivity (Wildman–Crippen MR) is 129 cm³/mol. The van der Waals surface area contributed by atoms with Crippen molar-refractivity contribution in [2.24, 2.45) is 9.81 Å². The molecule has 2 nitrogen and oxygen atoms in total. The summed E-state index contributed by atoms with van der Waals surface area (Å²) in [4.78, 5) is 0. The van der Waals surface area contributed by atoms with Crippen molar-refractivity contribution in [1.29, 1.82) is 0 Å². The second-order valence-electron chi connectivity index (χ2n) is 9.84. The average molecular weight is 459 g/mol. The maximum absolute atomic E-state index is 13.6. The molecule has 0 saturated heterocycles. The van der Waals surface area contributed by atoms with Crippen LogP contribution in [-0.4, -0.2) is 15.5 Å². The van der Waals surface area contributed by atoms with E-state index < -0.39 is 11.7 Å². The number of hydrogen-bond donors (Lipinski definition) is 0. The molecular weight excluding hydrogens is 429 g/mol. The Morgan fingerprint density at radius 2 is 1.81 bits per heavy atom. The summed E-state index contributed by atoms with van der Waals surface area (Å²) in [6.07, 6.45) is 1.42. The fourth-order valence-corrected chi connectivity index (χ4v) is 5.00. The van der Waals surface area contributed by atoms with Gasteiger partial charge in [-0.05, 0) is 60.4 Å². The fraction of sp³-hybridized carbons (Fsp3) is 0.423. The van der Waals surface area contributed by atoms with Crippen LogP contribution in [0.2, 0.25) is 0 Å². The van der Waals surface area contributed by atoms with E-state index in [4.69, 9.17) is 4.40 Å². The number of nitrogens with zero attached hydrogens (tertiary/aromatic N) is 2. The van der Waals surface area contributed by atoms with Crippen LogP contribution in [0.25, 0.3) is 22.0 Å². The van der Waals surface area contributed by atoms with Crippen LogP contribution in [-0.2, 0) is 12.7 Å². The van der Waals surface area contributed by atoms with Crippen LogP contribution in [0.1, 0.15) is 58.1 Å². The van der Waals surface area contributed by atoms with Gasteiger partial charge in [0.15, 0.2) is 0 Å². The third kappa shape index (κ3) is 4.90. The summed E-state index contributed by atoms with van der Waals surface area (Å²) >= 11 is 1.66. The molecule has 0 amide bonds. The van der Waals surface area contributed by atoms with Crippen molar-refractivity contribution in [3.05, 3.63) is 59.8 Å². The first-order chi connectivity index (χ1) is 15.0. The highest BCUT2D eigenvalue weighted by molar-refractivity contribution is 7.98. The lowest BCUT2D eigenvalue weighted by Gasteiger charge is -2.21. The van der Waals surface area contributed by atoms with Crippen LogP contribution in [0.5, 0.6) is 0 Å². The number of fused-ring (bicyclic) bond motifs is 1. The summed E-state index contributed by atoms with van der Waals surface area (Å²) in [5.74, 6) is 0. The van der Waals surface area contributed by atoms with Crippen molar-refractivity contribution in [1.82, 2.24) is 4.57 Å². The third-order valence-electron chi connectivity index (χ3n) is 5.85. The van der Waals surface area contributed by atoms with Gasteiger partial charge < -0.3 is 4.57 Å². The van der Waals surface area contributed by atoms with E-state index in [1.165, 1.54) is 25.3 Å². The summed E-state index contributed by atoms with van der Waals surface area (Å²) in [7, 11) is 0. The van der Waals surface area contributed by atoms with Crippen molar-refractivity contribution in [2.75, 3.05) is 0 Å². The van der Waals surface area contributed by atoms with E-state index in [0.29, 0.717) is 10.8 Å². The number of alkyl halides is 3. The molecule has 170 valence electrons. The first kappa shape index (κ1) is 23.0. The van der Waals surface area contributed by atoms with Gasteiger partial charge in [0.2, 0.25) is 0 Å². The summed E-state index contributed by atoms with van der Waals surface area (Å²) in [6, 6.07) is 11.4. The van der Waals surface area contributed by atoms with Gasteiger partial charge in [-0.15, -0.1) is 0 Å². The van der Waals surface area contributed by atoms with Gasteiger partial charge in [-0.3, -0.25) is 0 Å². The summed E-state index contributed by atoms with van der Waals surface area (Å²) in [6.45, 7) is 9.27. The van der Waals surface area contributed by atoms with Crippen LogP contribution >= 0.6 is 11.9 Å². The highest BCUT2D eigenvalue weighted by Gasteiger charge is 2.33. The molecule has 0 atom stereocenters. The summed E-state index contributed by atoms with van der Waals surface area (Å²) < 4.78 is 47.8. The molecule has 32 heavy (non-hydrogen) atoms. The topological polar surface area (TPSA) is 17.3 Å². The number of hydrogen-bond acceptors (Lipinski definition) is 2. The molecule has 6 heteroatoms. The molecule has 0 radical (unpaired) electrons. The van der Waals surface area contributed by atoms with Gasteiger partial charge in [0.25, 0.3) is 0 Å². The molecule has 1 saturated carbocycles. The Balaban J connectivity index is 1.82. The van der Waals surface area contributed by atoms with Gasteiger partial charge in [-0.1, -0.05) is 57.5 Å². The van der Waals surface area contributed by atoms with Crippen LogP contribution in [0.15, 0.2) is 53.1 Å². The van der Waals surface area contributed by atoms with Gasteiger partial charge in [0.05, 0.1) is 11.3 Å². The second kappa shape index (κ2) is 8.62. The zero-order valence-electron chi connectivity index (χ0n) is 19.0. The van der Waals surface area contributed by atoms with Gasteiger partial charge in [0.1, 0.15) is 0 Å². The Kier molecular flexibility index (Phi) is 6.19. The maximum atomic E-state index is 13.6. The first-order valence-corrected chi connectivity index (χ1v) is 11.9. The minimum atomic E-state index is -4.40. The van der Waals surface area contributed by atoms with Crippen LogP contribution in [0.3, 0.4) is 0 Å². The van der Waals surface area contributed by atoms with Crippen LogP contribution in [0, 0.1) is 5.41 Å². The zero-order chi connectivity index (χ0) is 23.1. The highest BCUT2D eigenvalue weighted by atomic mass is 32.2. The lowest BCUT2D eigenvalue weighted by atomic mass is 9.96.